The Labute approximate surface area is 207 Å². The summed E-state index contributed by atoms with van der Waals surface area (Å²) >= 11 is 3.60. The summed E-state index contributed by atoms with van der Waals surface area (Å²) in [5.41, 5.74) is 6.15. The van der Waals surface area contributed by atoms with Crippen LogP contribution >= 0.6 is 15.9 Å². The zero-order valence-electron chi connectivity index (χ0n) is 19.2. The van der Waals surface area contributed by atoms with Gasteiger partial charge in [-0.3, -0.25) is 15.1 Å². The Kier molecular flexibility index (Phi) is 7.26. The topological polar surface area (TPSA) is 98.1 Å². The minimum absolute atomic E-state index is 0.0519. The van der Waals surface area contributed by atoms with E-state index in [1.54, 1.807) is 21.3 Å². The van der Waals surface area contributed by atoms with E-state index in [1.807, 2.05) is 42.5 Å². The number of amides is 1. The highest BCUT2D eigenvalue weighted by Gasteiger charge is 2.38. The standard InChI is InChI=1S/C25H27BrN4O4/c1-32-20-11-16(12-21(33-2)24(20)34-3)25-28-19-10-9-17(26)13-18(19)23(15-7-5-4-6-8-15)30(25)14-22(31)29-27/h4-13,23,25,28H,14,27H2,1-3H3,(H,29,31)/t23-,25+/m0/s1. The average Bonchev–Trinajstić information content (AvgIpc) is 2.87. The van der Waals surface area contributed by atoms with Crippen molar-refractivity contribution in [2.45, 2.75) is 12.2 Å². The van der Waals surface area contributed by atoms with E-state index in [2.05, 4.69) is 49.8 Å². The van der Waals surface area contributed by atoms with Crippen molar-refractivity contribution in [3.8, 4) is 17.2 Å². The van der Waals surface area contributed by atoms with Gasteiger partial charge in [0.05, 0.1) is 33.9 Å². The number of benzene rings is 3. The lowest BCUT2D eigenvalue weighted by atomic mass is 9.91. The summed E-state index contributed by atoms with van der Waals surface area (Å²) in [6, 6.07) is 19.7. The number of methoxy groups -OCH3 is 3. The van der Waals surface area contributed by atoms with Gasteiger partial charge < -0.3 is 19.5 Å². The van der Waals surface area contributed by atoms with Gasteiger partial charge in [-0.15, -0.1) is 0 Å². The quantitative estimate of drug-likeness (QED) is 0.243. The molecule has 0 bridgehead atoms. The van der Waals surface area contributed by atoms with Crippen LogP contribution in [0.5, 0.6) is 17.2 Å². The van der Waals surface area contributed by atoms with Crippen LogP contribution in [0.15, 0.2) is 65.1 Å². The molecule has 1 amide bonds. The van der Waals surface area contributed by atoms with E-state index in [0.717, 1.165) is 26.9 Å². The maximum Gasteiger partial charge on any atom is 0.248 e. The third-order valence-electron chi connectivity index (χ3n) is 5.87. The number of fused-ring (bicyclic) bond motifs is 1. The van der Waals surface area contributed by atoms with Crippen molar-refractivity contribution in [3.05, 3.63) is 81.8 Å². The maximum absolute atomic E-state index is 12.6. The Morgan fingerprint density at radius 2 is 1.68 bits per heavy atom. The van der Waals surface area contributed by atoms with Crippen LogP contribution in [0, 0.1) is 0 Å². The molecule has 3 aromatic rings. The molecule has 0 saturated heterocycles. The lowest BCUT2D eigenvalue weighted by Crippen LogP contribution is -2.47. The number of hydrogen-bond acceptors (Lipinski definition) is 7. The van der Waals surface area contributed by atoms with Crippen molar-refractivity contribution in [2.24, 2.45) is 5.84 Å². The Hall–Kier alpha value is -3.27. The van der Waals surface area contributed by atoms with Crippen LogP contribution in [-0.2, 0) is 4.79 Å². The number of carbonyl (C=O) groups excluding carboxylic acids is 1. The van der Waals surface area contributed by atoms with Gasteiger partial charge in [0.2, 0.25) is 11.7 Å². The van der Waals surface area contributed by atoms with Crippen LogP contribution in [0.25, 0.3) is 0 Å². The molecule has 0 fully saturated rings. The van der Waals surface area contributed by atoms with Crippen molar-refractivity contribution in [1.29, 1.82) is 0 Å². The summed E-state index contributed by atoms with van der Waals surface area (Å²) in [5, 5.41) is 3.59. The van der Waals surface area contributed by atoms with Gasteiger partial charge in [0, 0.05) is 10.2 Å². The van der Waals surface area contributed by atoms with E-state index < -0.39 is 6.17 Å². The largest absolute Gasteiger partial charge is 0.493 e. The van der Waals surface area contributed by atoms with Crippen molar-refractivity contribution in [3.63, 3.8) is 0 Å². The van der Waals surface area contributed by atoms with Gasteiger partial charge in [-0.2, -0.15) is 0 Å². The average molecular weight is 527 g/mol. The molecule has 4 rings (SSSR count). The van der Waals surface area contributed by atoms with Gasteiger partial charge in [-0.25, -0.2) is 5.84 Å². The number of nitrogens with two attached hydrogens (primary N) is 1. The first-order valence-electron chi connectivity index (χ1n) is 10.7. The van der Waals surface area contributed by atoms with E-state index in [1.165, 1.54) is 0 Å². The molecule has 4 N–H and O–H groups in total. The van der Waals surface area contributed by atoms with Gasteiger partial charge in [0.25, 0.3) is 0 Å². The lowest BCUT2D eigenvalue weighted by Gasteiger charge is -2.44. The fraction of sp³-hybridized carbons (Fsp3) is 0.240. The molecule has 8 nitrogen and oxygen atoms in total. The predicted octanol–water partition coefficient (Wildman–Crippen LogP) is 3.98. The molecular formula is C25H27BrN4O4. The molecule has 0 spiro atoms. The second kappa shape index (κ2) is 10.3. The Balaban J connectivity index is 1.93. The van der Waals surface area contributed by atoms with Crippen LogP contribution < -0.4 is 30.8 Å². The van der Waals surface area contributed by atoms with Crippen molar-refractivity contribution < 1.29 is 19.0 Å². The molecule has 178 valence electrons. The third kappa shape index (κ3) is 4.54. The van der Waals surface area contributed by atoms with Crippen LogP contribution in [0.1, 0.15) is 28.9 Å². The monoisotopic (exact) mass is 526 g/mol. The molecule has 2 atom stereocenters. The minimum atomic E-state index is -0.398. The van der Waals surface area contributed by atoms with Gasteiger partial charge in [0.15, 0.2) is 11.5 Å². The molecule has 0 saturated carbocycles. The molecule has 1 aliphatic rings. The summed E-state index contributed by atoms with van der Waals surface area (Å²) in [4.78, 5) is 14.6. The second-order valence-electron chi connectivity index (χ2n) is 7.79. The Bertz CT molecular complexity index is 1150. The smallest absolute Gasteiger partial charge is 0.248 e. The van der Waals surface area contributed by atoms with Crippen LogP contribution in [0.3, 0.4) is 0 Å². The van der Waals surface area contributed by atoms with Gasteiger partial charge in [-0.1, -0.05) is 46.3 Å². The Morgan fingerprint density at radius 1 is 1.00 bits per heavy atom. The summed E-state index contributed by atoms with van der Waals surface area (Å²) in [6.45, 7) is 0.0519. The lowest BCUT2D eigenvalue weighted by molar-refractivity contribution is -0.123. The number of halogens is 1. The van der Waals surface area contributed by atoms with E-state index in [9.17, 15) is 4.79 Å². The number of hydrazine groups is 1. The first-order chi connectivity index (χ1) is 16.5. The number of carbonyl (C=O) groups is 1. The summed E-state index contributed by atoms with van der Waals surface area (Å²) in [7, 11) is 4.72. The highest BCUT2D eigenvalue weighted by Crippen LogP contribution is 2.47. The fourth-order valence-electron chi connectivity index (χ4n) is 4.38. The SMILES string of the molecule is COc1cc([C@@H]2Nc3ccc(Br)cc3[C@H](c3ccccc3)N2CC(=O)NN)cc(OC)c1OC. The number of nitrogens with zero attached hydrogens (tertiary/aromatic N) is 1. The molecule has 1 aliphatic heterocycles. The van der Waals surface area contributed by atoms with Crippen molar-refractivity contribution >= 4 is 27.5 Å². The molecule has 9 heteroatoms. The normalized spacial score (nSPS) is 17.3. The van der Waals surface area contributed by atoms with Crippen molar-refractivity contribution in [1.82, 2.24) is 10.3 Å². The summed E-state index contributed by atoms with van der Waals surface area (Å²) in [6.07, 6.45) is -0.398. The van der Waals surface area contributed by atoms with Gasteiger partial charge in [0.1, 0.15) is 6.17 Å². The van der Waals surface area contributed by atoms with E-state index in [0.29, 0.717) is 17.2 Å². The number of hydrogen-bond donors (Lipinski definition) is 3. The molecule has 0 aromatic heterocycles. The highest BCUT2D eigenvalue weighted by atomic mass is 79.9. The van der Waals surface area contributed by atoms with Gasteiger partial charge in [-0.05, 0) is 47.0 Å². The van der Waals surface area contributed by atoms with Crippen LogP contribution in [0.2, 0.25) is 0 Å². The molecule has 0 aliphatic carbocycles. The second-order valence-corrected chi connectivity index (χ2v) is 8.71. The molecule has 34 heavy (non-hydrogen) atoms. The maximum atomic E-state index is 12.6. The number of ether oxygens (including phenoxy) is 3. The van der Waals surface area contributed by atoms with Crippen LogP contribution in [0.4, 0.5) is 5.69 Å². The van der Waals surface area contributed by atoms with E-state index in [4.69, 9.17) is 20.1 Å². The first kappa shape index (κ1) is 23.9. The van der Waals surface area contributed by atoms with E-state index in [-0.39, 0.29) is 18.5 Å². The molecule has 3 aromatic carbocycles. The summed E-state index contributed by atoms with van der Waals surface area (Å²) in [5.74, 6) is 6.74. The number of rotatable bonds is 7. The van der Waals surface area contributed by atoms with Crippen molar-refractivity contribution in [2.75, 3.05) is 33.2 Å². The summed E-state index contributed by atoms with van der Waals surface area (Å²) < 4.78 is 17.6. The molecule has 0 unspecified atom stereocenters. The zero-order valence-corrected chi connectivity index (χ0v) is 20.8. The van der Waals surface area contributed by atoms with E-state index >= 15 is 0 Å². The minimum Gasteiger partial charge on any atom is -0.493 e. The molecule has 1 heterocycles. The first-order valence-corrected chi connectivity index (χ1v) is 11.5. The van der Waals surface area contributed by atoms with Gasteiger partial charge >= 0.3 is 0 Å². The Morgan fingerprint density at radius 3 is 2.26 bits per heavy atom. The molecule has 0 radical (unpaired) electrons. The highest BCUT2D eigenvalue weighted by molar-refractivity contribution is 9.10. The number of nitrogens with one attached hydrogen (secondary N) is 2. The van der Waals surface area contributed by atoms with Crippen LogP contribution in [-0.4, -0.2) is 38.7 Å². The number of anilines is 1. The molecular weight excluding hydrogens is 500 g/mol. The fourth-order valence-corrected chi connectivity index (χ4v) is 4.76. The zero-order chi connectivity index (χ0) is 24.2. The predicted molar refractivity (Wildman–Crippen MR) is 134 cm³/mol. The third-order valence-corrected chi connectivity index (χ3v) is 6.36.